The maximum Gasteiger partial charge on any atom is 0.302 e. The number of rotatable bonds is 8. The van der Waals surface area contributed by atoms with E-state index in [0.29, 0.717) is 6.61 Å². The van der Waals surface area contributed by atoms with Crippen LogP contribution in [-0.2, 0) is 9.53 Å². The lowest BCUT2D eigenvalue weighted by Crippen LogP contribution is -1.99. The number of ether oxygens (including phenoxy) is 1. The molecule has 0 spiro atoms. The summed E-state index contributed by atoms with van der Waals surface area (Å²) in [5.74, 6) is -0.161. The lowest BCUT2D eigenvalue weighted by Gasteiger charge is -2.01. The Balaban J connectivity index is 0.000000443. The molecule has 1 aromatic rings. The van der Waals surface area contributed by atoms with Crippen molar-refractivity contribution >= 4 is 5.97 Å². The molecule has 0 fully saturated rings. The summed E-state index contributed by atoms with van der Waals surface area (Å²) in [6.45, 7) is 4.28. The molecule has 2 nitrogen and oxygen atoms in total. The number of benzene rings is 1. The highest BCUT2D eigenvalue weighted by molar-refractivity contribution is 5.65. The second-order valence-electron chi connectivity index (χ2n) is 4.62. The van der Waals surface area contributed by atoms with Crippen LogP contribution in [0.2, 0.25) is 0 Å². The van der Waals surface area contributed by atoms with E-state index in [0.717, 1.165) is 6.42 Å². The van der Waals surface area contributed by atoms with E-state index in [1.165, 1.54) is 45.4 Å². The van der Waals surface area contributed by atoms with Gasteiger partial charge in [-0.2, -0.15) is 0 Å². The molecule has 0 atom stereocenters. The Morgan fingerprint density at radius 1 is 0.789 bits per heavy atom. The Bertz CT molecular complexity index is 256. The lowest BCUT2D eigenvalue weighted by molar-refractivity contribution is -0.141. The summed E-state index contributed by atoms with van der Waals surface area (Å²) in [6.07, 6.45) is 8.82. The average molecular weight is 264 g/mol. The molecule has 0 saturated carbocycles. The molecular formula is C17H28O2. The molecule has 0 aliphatic heterocycles. The summed E-state index contributed by atoms with van der Waals surface area (Å²) in [6, 6.07) is 12.0. The lowest BCUT2D eigenvalue weighted by atomic mass is 10.1. The van der Waals surface area contributed by atoms with Gasteiger partial charge < -0.3 is 4.74 Å². The highest BCUT2D eigenvalue weighted by Crippen LogP contribution is 2.06. The number of unbranched alkanes of at least 4 members (excludes halogenated alkanes) is 6. The fraction of sp³-hybridized carbons (Fsp3) is 0.588. The van der Waals surface area contributed by atoms with Gasteiger partial charge in [0.2, 0.25) is 0 Å². The van der Waals surface area contributed by atoms with Crippen LogP contribution in [0, 0.1) is 0 Å². The second-order valence-corrected chi connectivity index (χ2v) is 4.62. The van der Waals surface area contributed by atoms with Gasteiger partial charge in [-0.1, -0.05) is 81.8 Å². The number of hydrogen-bond donors (Lipinski definition) is 0. The van der Waals surface area contributed by atoms with Crippen LogP contribution >= 0.6 is 0 Å². The van der Waals surface area contributed by atoms with Crippen LogP contribution in [0.15, 0.2) is 36.4 Å². The van der Waals surface area contributed by atoms with Crippen LogP contribution < -0.4 is 0 Å². The third-order valence-corrected chi connectivity index (χ3v) is 2.72. The van der Waals surface area contributed by atoms with Gasteiger partial charge in [0.1, 0.15) is 0 Å². The monoisotopic (exact) mass is 264 g/mol. The van der Waals surface area contributed by atoms with Crippen LogP contribution in [0.3, 0.4) is 0 Å². The summed E-state index contributed by atoms with van der Waals surface area (Å²) in [4.78, 5) is 10.4. The molecule has 0 bridgehead atoms. The van der Waals surface area contributed by atoms with E-state index in [1.54, 1.807) is 0 Å². The zero-order valence-corrected chi connectivity index (χ0v) is 12.4. The third-order valence-electron chi connectivity index (χ3n) is 2.72. The molecule has 1 rings (SSSR count). The number of esters is 1. The fourth-order valence-corrected chi connectivity index (χ4v) is 1.66. The maximum absolute atomic E-state index is 10.4. The minimum Gasteiger partial charge on any atom is -0.466 e. The molecule has 2 heteroatoms. The molecule has 0 unspecified atom stereocenters. The molecule has 108 valence electrons. The molecule has 0 heterocycles. The Kier molecular flexibility index (Phi) is 13.7. The third kappa shape index (κ3) is 16.7. The fourth-order valence-electron chi connectivity index (χ4n) is 1.66. The van der Waals surface area contributed by atoms with Crippen LogP contribution in [0.5, 0.6) is 0 Å². The van der Waals surface area contributed by atoms with Crippen molar-refractivity contribution in [3.63, 3.8) is 0 Å². The molecule has 0 amide bonds. The summed E-state index contributed by atoms with van der Waals surface area (Å²) in [5, 5.41) is 0. The average Bonchev–Trinajstić information content (AvgIpc) is 2.44. The first kappa shape index (κ1) is 17.7. The van der Waals surface area contributed by atoms with Crippen molar-refractivity contribution in [3.05, 3.63) is 36.4 Å². The maximum atomic E-state index is 10.4. The minimum atomic E-state index is -0.161. The molecule has 0 aliphatic carbocycles. The first-order valence-corrected chi connectivity index (χ1v) is 7.40. The molecule has 0 N–H and O–H groups in total. The first-order valence-electron chi connectivity index (χ1n) is 7.40. The molecule has 0 aromatic heterocycles. The largest absolute Gasteiger partial charge is 0.466 e. The highest BCUT2D eigenvalue weighted by Gasteiger charge is 1.93. The molecular weight excluding hydrogens is 236 g/mol. The summed E-state index contributed by atoms with van der Waals surface area (Å²) in [7, 11) is 0. The van der Waals surface area contributed by atoms with E-state index >= 15 is 0 Å². The van der Waals surface area contributed by atoms with Crippen molar-refractivity contribution in [3.8, 4) is 0 Å². The van der Waals surface area contributed by atoms with E-state index in [1.807, 2.05) is 36.4 Å². The summed E-state index contributed by atoms with van der Waals surface area (Å²) >= 11 is 0. The molecule has 1 aromatic carbocycles. The zero-order chi connectivity index (χ0) is 14.2. The van der Waals surface area contributed by atoms with Crippen LogP contribution in [-0.4, -0.2) is 12.6 Å². The topological polar surface area (TPSA) is 26.3 Å². The van der Waals surface area contributed by atoms with Crippen molar-refractivity contribution in [1.82, 2.24) is 0 Å². The van der Waals surface area contributed by atoms with Crippen molar-refractivity contribution in [2.45, 2.75) is 58.8 Å². The van der Waals surface area contributed by atoms with Gasteiger partial charge in [-0.3, -0.25) is 4.79 Å². The van der Waals surface area contributed by atoms with Crippen LogP contribution in [0.1, 0.15) is 58.8 Å². The van der Waals surface area contributed by atoms with Crippen molar-refractivity contribution < 1.29 is 9.53 Å². The first-order chi connectivity index (χ1) is 9.27. The number of carbonyl (C=O) groups excluding carboxylic acids is 1. The van der Waals surface area contributed by atoms with Gasteiger partial charge in [0.25, 0.3) is 0 Å². The van der Waals surface area contributed by atoms with E-state index in [9.17, 15) is 4.79 Å². The van der Waals surface area contributed by atoms with Gasteiger partial charge in [0.05, 0.1) is 6.61 Å². The molecule has 0 saturated heterocycles. The Labute approximate surface area is 118 Å². The molecule has 0 radical (unpaired) electrons. The van der Waals surface area contributed by atoms with E-state index in [2.05, 4.69) is 6.92 Å². The molecule has 0 aliphatic rings. The summed E-state index contributed by atoms with van der Waals surface area (Å²) in [5.41, 5.74) is 0. The second kappa shape index (κ2) is 14.7. The SMILES string of the molecule is CCCCCCCCCOC(C)=O.c1ccccc1. The van der Waals surface area contributed by atoms with Gasteiger partial charge in [-0.25, -0.2) is 0 Å². The standard InChI is InChI=1S/C11H22O2.C6H6/c1-3-4-5-6-7-8-9-10-13-11(2)12;1-2-4-6-5-3-1/h3-10H2,1-2H3;1-6H. The predicted molar refractivity (Wildman–Crippen MR) is 81.1 cm³/mol. The van der Waals surface area contributed by atoms with Crippen molar-refractivity contribution in [2.75, 3.05) is 6.61 Å². The summed E-state index contributed by atoms with van der Waals surface area (Å²) < 4.78 is 4.83. The Morgan fingerprint density at radius 3 is 1.63 bits per heavy atom. The van der Waals surface area contributed by atoms with Gasteiger partial charge in [0, 0.05) is 6.92 Å². The van der Waals surface area contributed by atoms with Crippen molar-refractivity contribution in [1.29, 1.82) is 0 Å². The highest BCUT2D eigenvalue weighted by atomic mass is 16.5. The van der Waals surface area contributed by atoms with E-state index in [4.69, 9.17) is 4.74 Å². The Hall–Kier alpha value is -1.31. The molecule has 19 heavy (non-hydrogen) atoms. The quantitative estimate of drug-likeness (QED) is 0.488. The van der Waals surface area contributed by atoms with Gasteiger partial charge in [0.15, 0.2) is 0 Å². The van der Waals surface area contributed by atoms with Crippen LogP contribution in [0.25, 0.3) is 0 Å². The number of carbonyl (C=O) groups is 1. The van der Waals surface area contributed by atoms with Crippen LogP contribution in [0.4, 0.5) is 0 Å². The smallest absolute Gasteiger partial charge is 0.302 e. The van der Waals surface area contributed by atoms with Gasteiger partial charge in [-0.05, 0) is 6.42 Å². The van der Waals surface area contributed by atoms with E-state index < -0.39 is 0 Å². The Morgan fingerprint density at radius 2 is 1.21 bits per heavy atom. The van der Waals surface area contributed by atoms with Gasteiger partial charge in [-0.15, -0.1) is 0 Å². The predicted octanol–water partition coefficient (Wildman–Crippen LogP) is 4.99. The van der Waals surface area contributed by atoms with E-state index in [-0.39, 0.29) is 5.97 Å². The minimum absolute atomic E-state index is 0.161. The number of hydrogen-bond acceptors (Lipinski definition) is 2. The normalized spacial score (nSPS) is 9.37. The van der Waals surface area contributed by atoms with Crippen molar-refractivity contribution in [2.24, 2.45) is 0 Å². The van der Waals surface area contributed by atoms with Gasteiger partial charge >= 0.3 is 5.97 Å². The zero-order valence-electron chi connectivity index (χ0n) is 12.4.